The molecule has 0 spiro atoms. The molecule has 4 heteroatoms. The Labute approximate surface area is 126 Å². The second-order valence-electron chi connectivity index (χ2n) is 4.90. The molecule has 2 rings (SSSR count). The molecule has 1 heterocycles. The van der Waals surface area contributed by atoms with Crippen molar-refractivity contribution < 1.29 is 0 Å². The van der Waals surface area contributed by atoms with Gasteiger partial charge in [-0.25, -0.2) is 0 Å². The molecule has 1 aromatic carbocycles. The summed E-state index contributed by atoms with van der Waals surface area (Å²) < 4.78 is 2.33. The second kappa shape index (κ2) is 6.92. The predicted molar refractivity (Wildman–Crippen MR) is 85.3 cm³/mol. The molecule has 1 N–H and O–H groups in total. The minimum atomic E-state index is 0.780. The number of anilines is 1. The lowest BCUT2D eigenvalue weighted by atomic mass is 10.1. The number of nitrogens with zero attached hydrogens (tertiary/aromatic N) is 1. The van der Waals surface area contributed by atoms with E-state index in [1.165, 1.54) is 23.0 Å². The number of hydrogen-bond acceptors (Lipinski definition) is 2. The average Bonchev–Trinajstić information content (AvgIpc) is 2.81. The van der Waals surface area contributed by atoms with Crippen molar-refractivity contribution in [2.75, 3.05) is 31.1 Å². The van der Waals surface area contributed by atoms with Gasteiger partial charge in [0, 0.05) is 22.0 Å². The molecule has 1 fully saturated rings. The summed E-state index contributed by atoms with van der Waals surface area (Å²) in [4.78, 5) is 2.48. The Hall–Kier alpha value is -0.0600. The highest BCUT2D eigenvalue weighted by molar-refractivity contribution is 9.11. The van der Waals surface area contributed by atoms with Crippen LogP contribution in [0, 0.1) is 5.92 Å². The lowest BCUT2D eigenvalue weighted by Gasteiger charge is -2.20. The minimum absolute atomic E-state index is 0.780. The molecular weight excluding hydrogens is 356 g/mol. The van der Waals surface area contributed by atoms with Crippen LogP contribution in [0.5, 0.6) is 0 Å². The molecule has 1 aliphatic rings. The van der Waals surface area contributed by atoms with Crippen LogP contribution >= 0.6 is 31.9 Å². The molecule has 0 aromatic heterocycles. The number of hydrogen-bond donors (Lipinski definition) is 1. The smallest absolute Gasteiger partial charge is 0.0522 e. The minimum Gasteiger partial charge on any atom is -0.370 e. The predicted octanol–water partition coefficient (Wildman–Crippen LogP) is 4.04. The van der Waals surface area contributed by atoms with Crippen LogP contribution in [0.2, 0.25) is 0 Å². The summed E-state index contributed by atoms with van der Waals surface area (Å²) >= 11 is 7.20. The molecule has 0 bridgehead atoms. The van der Waals surface area contributed by atoms with Crippen LogP contribution in [0.1, 0.15) is 19.8 Å². The molecule has 0 aliphatic carbocycles. The van der Waals surface area contributed by atoms with E-state index in [4.69, 9.17) is 0 Å². The van der Waals surface area contributed by atoms with E-state index in [-0.39, 0.29) is 0 Å². The van der Waals surface area contributed by atoms with E-state index >= 15 is 0 Å². The Morgan fingerprint density at radius 2 is 2.22 bits per heavy atom. The Bertz CT molecular complexity index is 395. The third-order valence-electron chi connectivity index (χ3n) is 3.39. The van der Waals surface area contributed by atoms with Crippen molar-refractivity contribution in [3.8, 4) is 0 Å². The van der Waals surface area contributed by atoms with Gasteiger partial charge in [-0.1, -0.05) is 22.9 Å². The van der Waals surface area contributed by atoms with Gasteiger partial charge in [0.1, 0.15) is 0 Å². The molecule has 0 amide bonds. The van der Waals surface area contributed by atoms with Crippen LogP contribution in [-0.2, 0) is 0 Å². The van der Waals surface area contributed by atoms with Gasteiger partial charge in [0.25, 0.3) is 0 Å². The SMILES string of the molecule is CCCNCC1CCN(c2cc(Br)ccc2Br)C1. The van der Waals surface area contributed by atoms with Crippen LogP contribution in [0.4, 0.5) is 5.69 Å². The summed E-state index contributed by atoms with van der Waals surface area (Å²) in [6, 6.07) is 6.39. The van der Waals surface area contributed by atoms with Crippen molar-refractivity contribution >= 4 is 37.5 Å². The maximum Gasteiger partial charge on any atom is 0.0522 e. The van der Waals surface area contributed by atoms with Crippen molar-refractivity contribution in [1.29, 1.82) is 0 Å². The van der Waals surface area contributed by atoms with Gasteiger partial charge >= 0.3 is 0 Å². The molecule has 0 radical (unpaired) electrons. The van der Waals surface area contributed by atoms with Crippen LogP contribution < -0.4 is 10.2 Å². The first-order chi connectivity index (χ1) is 8.70. The quantitative estimate of drug-likeness (QED) is 0.781. The largest absolute Gasteiger partial charge is 0.370 e. The summed E-state index contributed by atoms with van der Waals surface area (Å²) in [6.45, 7) is 6.82. The Balaban J connectivity index is 1.93. The molecule has 2 nitrogen and oxygen atoms in total. The van der Waals surface area contributed by atoms with Gasteiger partial charge in [0.05, 0.1) is 5.69 Å². The van der Waals surface area contributed by atoms with E-state index in [0.29, 0.717) is 0 Å². The average molecular weight is 376 g/mol. The van der Waals surface area contributed by atoms with Crippen molar-refractivity contribution in [2.45, 2.75) is 19.8 Å². The van der Waals surface area contributed by atoms with Crippen molar-refractivity contribution in [3.63, 3.8) is 0 Å². The summed E-state index contributed by atoms with van der Waals surface area (Å²) in [5, 5.41) is 3.53. The third kappa shape index (κ3) is 3.72. The molecule has 18 heavy (non-hydrogen) atoms. The second-order valence-corrected chi connectivity index (χ2v) is 6.67. The summed E-state index contributed by atoms with van der Waals surface area (Å²) in [5.74, 6) is 0.780. The first-order valence-electron chi connectivity index (χ1n) is 6.61. The highest BCUT2D eigenvalue weighted by Gasteiger charge is 2.23. The molecule has 1 aliphatic heterocycles. The number of rotatable bonds is 5. The van der Waals surface area contributed by atoms with Crippen LogP contribution in [0.15, 0.2) is 27.1 Å². The number of halogens is 2. The summed E-state index contributed by atoms with van der Waals surface area (Å²) in [5.41, 5.74) is 1.31. The zero-order valence-corrected chi connectivity index (χ0v) is 13.9. The molecule has 1 aromatic rings. The van der Waals surface area contributed by atoms with Gasteiger partial charge in [-0.2, -0.15) is 0 Å². The fourth-order valence-electron chi connectivity index (χ4n) is 2.43. The molecule has 1 saturated heterocycles. The van der Waals surface area contributed by atoms with E-state index in [1.807, 2.05) is 0 Å². The highest BCUT2D eigenvalue weighted by Crippen LogP contribution is 2.32. The van der Waals surface area contributed by atoms with E-state index < -0.39 is 0 Å². The van der Waals surface area contributed by atoms with Crippen molar-refractivity contribution in [2.24, 2.45) is 5.92 Å². The number of benzene rings is 1. The lowest BCUT2D eigenvalue weighted by Crippen LogP contribution is -2.27. The molecule has 1 atom stereocenters. The summed E-state index contributed by atoms with van der Waals surface area (Å²) in [6.07, 6.45) is 2.50. The van der Waals surface area contributed by atoms with Crippen molar-refractivity contribution in [3.05, 3.63) is 27.1 Å². The topological polar surface area (TPSA) is 15.3 Å². The van der Waals surface area contributed by atoms with Crippen LogP contribution in [0.25, 0.3) is 0 Å². The number of nitrogens with one attached hydrogen (secondary N) is 1. The van der Waals surface area contributed by atoms with Crippen molar-refractivity contribution in [1.82, 2.24) is 5.32 Å². The fourth-order valence-corrected chi connectivity index (χ4v) is 3.28. The van der Waals surface area contributed by atoms with Crippen LogP contribution in [-0.4, -0.2) is 26.2 Å². The van der Waals surface area contributed by atoms with Crippen LogP contribution in [0.3, 0.4) is 0 Å². The third-order valence-corrected chi connectivity index (χ3v) is 4.56. The lowest BCUT2D eigenvalue weighted by molar-refractivity contribution is 0.516. The Morgan fingerprint density at radius 1 is 1.39 bits per heavy atom. The highest BCUT2D eigenvalue weighted by atomic mass is 79.9. The Morgan fingerprint density at radius 3 is 3.00 bits per heavy atom. The normalized spacial score (nSPS) is 19.5. The van der Waals surface area contributed by atoms with Gasteiger partial charge in [-0.3, -0.25) is 0 Å². The van der Waals surface area contributed by atoms with Gasteiger partial charge in [-0.15, -0.1) is 0 Å². The first-order valence-corrected chi connectivity index (χ1v) is 8.20. The van der Waals surface area contributed by atoms with Gasteiger partial charge in [0.2, 0.25) is 0 Å². The van der Waals surface area contributed by atoms with E-state index in [2.05, 4.69) is 67.2 Å². The standard InChI is InChI=1S/C14H20Br2N2/c1-2-6-17-9-11-5-7-18(10-11)14-8-12(15)3-4-13(14)16/h3-4,8,11,17H,2,5-7,9-10H2,1H3. The van der Waals surface area contributed by atoms with Gasteiger partial charge in [0.15, 0.2) is 0 Å². The van der Waals surface area contributed by atoms with Gasteiger partial charge < -0.3 is 10.2 Å². The fraction of sp³-hybridized carbons (Fsp3) is 0.571. The first kappa shape index (κ1) is 14.4. The van der Waals surface area contributed by atoms with E-state index in [0.717, 1.165) is 36.6 Å². The maximum absolute atomic E-state index is 3.65. The summed E-state index contributed by atoms with van der Waals surface area (Å²) in [7, 11) is 0. The molecule has 0 saturated carbocycles. The molecule has 1 unspecified atom stereocenters. The Kier molecular flexibility index (Phi) is 5.52. The molecular formula is C14H20Br2N2. The zero-order chi connectivity index (χ0) is 13.0. The van der Waals surface area contributed by atoms with E-state index in [9.17, 15) is 0 Å². The van der Waals surface area contributed by atoms with E-state index in [1.54, 1.807) is 0 Å². The monoisotopic (exact) mass is 374 g/mol. The van der Waals surface area contributed by atoms with Gasteiger partial charge in [-0.05, 0) is 66.0 Å². The molecule has 100 valence electrons. The maximum atomic E-state index is 3.65. The zero-order valence-electron chi connectivity index (χ0n) is 10.8.